The van der Waals surface area contributed by atoms with Crippen molar-refractivity contribution in [1.82, 2.24) is 14.9 Å². The van der Waals surface area contributed by atoms with Crippen LogP contribution in [-0.4, -0.2) is 56.8 Å². The van der Waals surface area contributed by atoms with E-state index >= 15 is 0 Å². The third-order valence-electron chi connectivity index (χ3n) is 6.21. The van der Waals surface area contributed by atoms with Crippen LogP contribution in [-0.2, 0) is 10.3 Å². The molecule has 2 aromatic heterocycles. The van der Waals surface area contributed by atoms with Gasteiger partial charge in [0.2, 0.25) is 0 Å². The quantitative estimate of drug-likeness (QED) is 0.590. The number of fused-ring (bicyclic) bond motifs is 3. The molecule has 0 spiro atoms. The van der Waals surface area contributed by atoms with Gasteiger partial charge in [-0.1, -0.05) is 6.07 Å². The number of amides is 1. The average Bonchev–Trinajstić information content (AvgIpc) is 3.43. The maximum Gasteiger partial charge on any atom is 0.410 e. The highest BCUT2D eigenvalue weighted by Gasteiger charge is 2.45. The number of hydrogen-bond donors (Lipinski definition) is 1. The van der Waals surface area contributed by atoms with Gasteiger partial charge in [0.05, 0.1) is 23.2 Å². The van der Waals surface area contributed by atoms with E-state index < -0.39 is 11.2 Å². The zero-order valence-corrected chi connectivity index (χ0v) is 20.5. The molecule has 2 aliphatic heterocycles. The van der Waals surface area contributed by atoms with E-state index in [0.29, 0.717) is 35.8 Å². The molecule has 2 bridgehead atoms. The Hall–Kier alpha value is -2.65. The van der Waals surface area contributed by atoms with Crippen LogP contribution in [0, 0.1) is 0 Å². The number of anilines is 1. The SMILES string of the molecule is CC(C)(C)OC(=O)N1C2CCC1CN(c1nc3c(C(C)(C)O)ccc(-c4nccs4)c3o1)C2. The van der Waals surface area contributed by atoms with Gasteiger partial charge in [-0.05, 0) is 53.5 Å². The normalized spacial score (nSPS) is 21.2. The smallest absolute Gasteiger partial charge is 0.410 e. The molecule has 0 radical (unpaired) electrons. The molecule has 33 heavy (non-hydrogen) atoms. The Balaban J connectivity index is 1.49. The van der Waals surface area contributed by atoms with E-state index in [1.54, 1.807) is 20.0 Å². The Kier molecular flexibility index (Phi) is 5.17. The highest BCUT2D eigenvalue weighted by molar-refractivity contribution is 7.13. The minimum absolute atomic E-state index is 0.0563. The van der Waals surface area contributed by atoms with Crippen molar-refractivity contribution >= 4 is 34.5 Å². The monoisotopic (exact) mass is 470 g/mol. The van der Waals surface area contributed by atoms with Gasteiger partial charge in [0.1, 0.15) is 16.1 Å². The predicted octanol–water partition coefficient (Wildman–Crippen LogP) is 4.77. The third kappa shape index (κ3) is 4.08. The summed E-state index contributed by atoms with van der Waals surface area (Å²) in [6, 6.07) is 4.46. The standard InChI is InChI=1S/C24H30N4O4S/c1-23(2,3)32-22(29)28-14-6-7-15(28)13-27(12-14)21-26-18-17(24(4,5)30)9-8-16(19(18)31-21)20-25-10-11-33-20/h8-11,14-15,30H,6-7,12-13H2,1-5H3. The minimum atomic E-state index is -1.07. The van der Waals surface area contributed by atoms with Crippen molar-refractivity contribution in [2.45, 2.75) is 70.7 Å². The molecule has 2 unspecified atom stereocenters. The second-order valence-corrected chi connectivity index (χ2v) is 11.3. The number of benzene rings is 1. The van der Waals surface area contributed by atoms with E-state index in [2.05, 4.69) is 9.88 Å². The van der Waals surface area contributed by atoms with Crippen molar-refractivity contribution in [3.05, 3.63) is 29.3 Å². The van der Waals surface area contributed by atoms with E-state index in [-0.39, 0.29) is 18.2 Å². The van der Waals surface area contributed by atoms with Crippen molar-refractivity contribution in [1.29, 1.82) is 0 Å². The van der Waals surface area contributed by atoms with Gasteiger partial charge in [0, 0.05) is 30.2 Å². The molecule has 1 amide bonds. The Labute approximate surface area is 197 Å². The van der Waals surface area contributed by atoms with Crippen molar-refractivity contribution in [2.24, 2.45) is 0 Å². The summed E-state index contributed by atoms with van der Waals surface area (Å²) in [7, 11) is 0. The molecule has 8 nitrogen and oxygen atoms in total. The van der Waals surface area contributed by atoms with E-state index in [1.807, 2.05) is 43.2 Å². The number of thiazole rings is 1. The highest BCUT2D eigenvalue weighted by Crippen LogP contribution is 2.40. The molecule has 2 fully saturated rings. The highest BCUT2D eigenvalue weighted by atomic mass is 32.1. The summed E-state index contributed by atoms with van der Waals surface area (Å²) < 4.78 is 12.0. The maximum absolute atomic E-state index is 12.8. The first-order valence-electron chi connectivity index (χ1n) is 11.3. The summed E-state index contributed by atoms with van der Waals surface area (Å²) >= 11 is 1.53. The molecule has 0 saturated carbocycles. The average molecular weight is 471 g/mol. The van der Waals surface area contributed by atoms with Crippen LogP contribution in [0.1, 0.15) is 53.0 Å². The van der Waals surface area contributed by atoms with E-state index in [4.69, 9.17) is 14.1 Å². The summed E-state index contributed by atoms with van der Waals surface area (Å²) in [5.41, 5.74) is 1.26. The van der Waals surface area contributed by atoms with Crippen LogP contribution < -0.4 is 4.90 Å². The van der Waals surface area contributed by atoms with Gasteiger partial charge >= 0.3 is 6.09 Å². The predicted molar refractivity (Wildman–Crippen MR) is 127 cm³/mol. The molecule has 0 aliphatic carbocycles. The van der Waals surface area contributed by atoms with Gasteiger partial charge in [-0.3, -0.25) is 4.90 Å². The van der Waals surface area contributed by atoms with Crippen LogP contribution in [0.15, 0.2) is 28.1 Å². The Bertz CT molecular complexity index is 1160. The number of rotatable bonds is 3. The number of hydrogen-bond acceptors (Lipinski definition) is 8. The second-order valence-electron chi connectivity index (χ2n) is 10.4. The Morgan fingerprint density at radius 1 is 1.18 bits per heavy atom. The lowest BCUT2D eigenvalue weighted by atomic mass is 9.95. The van der Waals surface area contributed by atoms with Crippen LogP contribution in [0.5, 0.6) is 0 Å². The Morgan fingerprint density at radius 3 is 2.45 bits per heavy atom. The number of aliphatic hydroxyl groups is 1. The largest absolute Gasteiger partial charge is 0.444 e. The third-order valence-corrected chi connectivity index (χ3v) is 7.02. The van der Waals surface area contributed by atoms with Gasteiger partial charge < -0.3 is 19.2 Å². The molecule has 1 aromatic carbocycles. The van der Waals surface area contributed by atoms with Crippen LogP contribution in [0.2, 0.25) is 0 Å². The molecule has 9 heteroatoms. The zero-order valence-electron chi connectivity index (χ0n) is 19.7. The van der Waals surface area contributed by atoms with Crippen LogP contribution in [0.25, 0.3) is 21.7 Å². The molecular formula is C24H30N4O4S. The van der Waals surface area contributed by atoms with E-state index in [0.717, 1.165) is 23.4 Å². The number of nitrogens with zero attached hydrogens (tertiary/aromatic N) is 4. The summed E-state index contributed by atoms with van der Waals surface area (Å²) in [4.78, 5) is 26.1. The van der Waals surface area contributed by atoms with Gasteiger partial charge in [-0.2, -0.15) is 4.98 Å². The molecule has 176 valence electrons. The van der Waals surface area contributed by atoms with Crippen LogP contribution in [0.3, 0.4) is 0 Å². The topological polar surface area (TPSA) is 91.9 Å². The second kappa shape index (κ2) is 7.70. The van der Waals surface area contributed by atoms with Gasteiger partial charge in [0.15, 0.2) is 5.58 Å². The first-order valence-corrected chi connectivity index (χ1v) is 12.2. The van der Waals surface area contributed by atoms with Crippen molar-refractivity contribution in [2.75, 3.05) is 18.0 Å². The fraction of sp³-hybridized carbons (Fsp3) is 0.542. The number of aromatic nitrogens is 2. The van der Waals surface area contributed by atoms with E-state index in [9.17, 15) is 9.90 Å². The number of piperazine rings is 1. The van der Waals surface area contributed by atoms with Gasteiger partial charge in [-0.15, -0.1) is 11.3 Å². The summed E-state index contributed by atoms with van der Waals surface area (Å²) in [5.74, 6) is 0. The van der Waals surface area contributed by atoms with Crippen LogP contribution in [0.4, 0.5) is 10.8 Å². The lowest BCUT2D eigenvalue weighted by molar-refractivity contribution is 0.0120. The fourth-order valence-corrected chi connectivity index (χ4v) is 5.48. The number of carbonyl (C=O) groups excluding carboxylic acids is 1. The van der Waals surface area contributed by atoms with Gasteiger partial charge in [0.25, 0.3) is 6.01 Å². The Morgan fingerprint density at radius 2 is 1.88 bits per heavy atom. The molecule has 3 aromatic rings. The summed E-state index contributed by atoms with van der Waals surface area (Å²) in [6.07, 6.45) is 3.38. The molecule has 2 atom stereocenters. The molecule has 1 N–H and O–H groups in total. The van der Waals surface area contributed by atoms with Gasteiger partial charge in [-0.25, -0.2) is 9.78 Å². The maximum atomic E-state index is 12.8. The van der Waals surface area contributed by atoms with Crippen LogP contribution >= 0.6 is 11.3 Å². The number of carbonyl (C=O) groups is 1. The number of oxazole rings is 1. The molecular weight excluding hydrogens is 440 g/mol. The van der Waals surface area contributed by atoms with Crippen molar-refractivity contribution in [3.63, 3.8) is 0 Å². The zero-order chi connectivity index (χ0) is 23.5. The van der Waals surface area contributed by atoms with Crippen molar-refractivity contribution in [3.8, 4) is 10.6 Å². The first kappa shape index (κ1) is 22.2. The number of ether oxygens (including phenoxy) is 1. The fourth-order valence-electron chi connectivity index (χ4n) is 4.82. The van der Waals surface area contributed by atoms with Crippen molar-refractivity contribution < 1.29 is 19.1 Å². The molecule has 5 rings (SSSR count). The lowest BCUT2D eigenvalue weighted by Gasteiger charge is -2.40. The minimum Gasteiger partial charge on any atom is -0.444 e. The van der Waals surface area contributed by atoms with E-state index in [1.165, 1.54) is 11.3 Å². The molecule has 2 saturated heterocycles. The molecule has 4 heterocycles. The lowest BCUT2D eigenvalue weighted by Crippen LogP contribution is -2.56. The first-order chi connectivity index (χ1) is 15.5. The summed E-state index contributed by atoms with van der Waals surface area (Å²) in [6.45, 7) is 10.4. The summed E-state index contributed by atoms with van der Waals surface area (Å²) in [5, 5.41) is 13.5. The molecule has 2 aliphatic rings.